The lowest BCUT2D eigenvalue weighted by atomic mass is 9.71. The molecule has 2 atom stereocenters. The zero-order valence-corrected chi connectivity index (χ0v) is 7.84. The molecule has 0 unspecified atom stereocenters. The third-order valence-electron chi connectivity index (χ3n) is 3.59. The van der Waals surface area contributed by atoms with Crippen LogP contribution in [0.25, 0.3) is 0 Å². The fourth-order valence-electron chi connectivity index (χ4n) is 2.56. The molecule has 1 fully saturated rings. The molecular formula is C11H13NO. The molecule has 0 aliphatic heterocycles. The van der Waals surface area contributed by atoms with Gasteiger partial charge in [0, 0.05) is 11.8 Å². The standard InChI is InChI=1S/C11H13NO/c1-11-5-4-10(13)6-8(11)2-3-9(11)7-12/h6,9H,2-5H2,1H3/t9-,11+/m1/s1. The fraction of sp³-hybridized carbons (Fsp3) is 0.636. The molecular weight excluding hydrogens is 162 g/mol. The van der Waals surface area contributed by atoms with Crippen LogP contribution in [-0.4, -0.2) is 5.78 Å². The molecule has 0 spiro atoms. The molecule has 13 heavy (non-hydrogen) atoms. The zero-order chi connectivity index (χ0) is 9.47. The van der Waals surface area contributed by atoms with Gasteiger partial charge < -0.3 is 0 Å². The lowest BCUT2D eigenvalue weighted by Crippen LogP contribution is -2.27. The molecule has 0 heterocycles. The number of nitriles is 1. The highest BCUT2D eigenvalue weighted by Crippen LogP contribution is 2.51. The van der Waals surface area contributed by atoms with Crippen molar-refractivity contribution in [2.45, 2.75) is 32.6 Å². The Morgan fingerprint density at radius 1 is 1.62 bits per heavy atom. The van der Waals surface area contributed by atoms with E-state index < -0.39 is 0 Å². The Balaban J connectivity index is 2.39. The van der Waals surface area contributed by atoms with Crippen LogP contribution in [0.2, 0.25) is 0 Å². The van der Waals surface area contributed by atoms with Gasteiger partial charge in [-0.05, 0) is 25.3 Å². The van der Waals surface area contributed by atoms with Crippen molar-refractivity contribution in [3.8, 4) is 6.07 Å². The van der Waals surface area contributed by atoms with Crippen LogP contribution < -0.4 is 0 Å². The Morgan fingerprint density at radius 3 is 3.08 bits per heavy atom. The largest absolute Gasteiger partial charge is 0.295 e. The van der Waals surface area contributed by atoms with E-state index in [9.17, 15) is 4.79 Å². The van der Waals surface area contributed by atoms with Crippen molar-refractivity contribution in [3.63, 3.8) is 0 Å². The third kappa shape index (κ3) is 1.11. The second-order valence-corrected chi connectivity index (χ2v) is 4.27. The van der Waals surface area contributed by atoms with Gasteiger partial charge in [0.15, 0.2) is 5.78 Å². The van der Waals surface area contributed by atoms with Crippen molar-refractivity contribution >= 4 is 5.78 Å². The van der Waals surface area contributed by atoms with E-state index >= 15 is 0 Å². The summed E-state index contributed by atoms with van der Waals surface area (Å²) in [6.07, 6.45) is 5.15. The predicted molar refractivity (Wildman–Crippen MR) is 48.8 cm³/mol. The van der Waals surface area contributed by atoms with Gasteiger partial charge in [-0.2, -0.15) is 5.26 Å². The summed E-state index contributed by atoms with van der Waals surface area (Å²) in [4.78, 5) is 11.2. The van der Waals surface area contributed by atoms with Gasteiger partial charge in [-0.15, -0.1) is 0 Å². The zero-order valence-electron chi connectivity index (χ0n) is 7.84. The van der Waals surface area contributed by atoms with Crippen LogP contribution in [0.3, 0.4) is 0 Å². The number of hydrogen-bond donors (Lipinski definition) is 0. The van der Waals surface area contributed by atoms with Gasteiger partial charge in [0.2, 0.25) is 0 Å². The van der Waals surface area contributed by atoms with E-state index in [-0.39, 0.29) is 17.1 Å². The van der Waals surface area contributed by atoms with Gasteiger partial charge in [0.1, 0.15) is 0 Å². The topological polar surface area (TPSA) is 40.9 Å². The van der Waals surface area contributed by atoms with Crippen molar-refractivity contribution in [3.05, 3.63) is 11.6 Å². The molecule has 2 nitrogen and oxygen atoms in total. The van der Waals surface area contributed by atoms with E-state index in [0.717, 1.165) is 19.3 Å². The number of fused-ring (bicyclic) bond motifs is 1. The highest BCUT2D eigenvalue weighted by atomic mass is 16.1. The number of rotatable bonds is 0. The van der Waals surface area contributed by atoms with Crippen molar-refractivity contribution in [1.82, 2.24) is 0 Å². The van der Waals surface area contributed by atoms with Gasteiger partial charge >= 0.3 is 0 Å². The molecule has 0 aromatic carbocycles. The van der Waals surface area contributed by atoms with Crippen LogP contribution in [0.15, 0.2) is 11.6 Å². The van der Waals surface area contributed by atoms with Crippen molar-refractivity contribution in [1.29, 1.82) is 5.26 Å². The Labute approximate surface area is 78.2 Å². The summed E-state index contributed by atoms with van der Waals surface area (Å²) in [5.41, 5.74) is 1.23. The first kappa shape index (κ1) is 8.50. The average Bonchev–Trinajstić information content (AvgIpc) is 2.42. The molecule has 0 radical (unpaired) electrons. The molecule has 0 amide bonds. The van der Waals surface area contributed by atoms with Gasteiger partial charge in [-0.1, -0.05) is 12.5 Å². The molecule has 0 saturated heterocycles. The van der Waals surface area contributed by atoms with Crippen LogP contribution >= 0.6 is 0 Å². The SMILES string of the molecule is C[C@]12CCC(=O)C=C1CC[C@@H]2C#N. The number of nitrogens with zero attached hydrogens (tertiary/aromatic N) is 1. The summed E-state index contributed by atoms with van der Waals surface area (Å²) in [6, 6.07) is 2.37. The van der Waals surface area contributed by atoms with Gasteiger partial charge in [0.25, 0.3) is 0 Å². The van der Waals surface area contributed by atoms with Crippen molar-refractivity contribution in [2.75, 3.05) is 0 Å². The van der Waals surface area contributed by atoms with Crippen LogP contribution in [0.1, 0.15) is 32.6 Å². The number of allylic oxidation sites excluding steroid dienone is 2. The number of carbonyl (C=O) groups excluding carboxylic acids is 1. The fourth-order valence-corrected chi connectivity index (χ4v) is 2.56. The normalized spacial score (nSPS) is 38.0. The quantitative estimate of drug-likeness (QED) is 0.566. The number of hydrogen-bond acceptors (Lipinski definition) is 2. The maximum Gasteiger partial charge on any atom is 0.155 e. The molecule has 68 valence electrons. The predicted octanol–water partition coefficient (Wildman–Crippen LogP) is 2.22. The summed E-state index contributed by atoms with van der Waals surface area (Å²) in [5, 5.41) is 8.97. The minimum Gasteiger partial charge on any atom is -0.295 e. The Morgan fingerprint density at radius 2 is 2.38 bits per heavy atom. The number of ketones is 1. The first-order valence-corrected chi connectivity index (χ1v) is 4.80. The van der Waals surface area contributed by atoms with Crippen molar-refractivity contribution < 1.29 is 4.79 Å². The molecule has 2 aliphatic carbocycles. The Bertz CT molecular complexity index is 323. The molecule has 0 bridgehead atoms. The van der Waals surface area contributed by atoms with Crippen LogP contribution in [0.5, 0.6) is 0 Å². The summed E-state index contributed by atoms with van der Waals surface area (Å²) in [6.45, 7) is 2.13. The summed E-state index contributed by atoms with van der Waals surface area (Å²) >= 11 is 0. The molecule has 2 aliphatic rings. The first-order valence-electron chi connectivity index (χ1n) is 4.80. The number of carbonyl (C=O) groups is 1. The molecule has 0 aromatic rings. The minimum atomic E-state index is 0.0165. The van der Waals surface area contributed by atoms with E-state index in [2.05, 4.69) is 13.0 Å². The molecule has 2 heteroatoms. The van der Waals surface area contributed by atoms with E-state index in [1.165, 1.54) is 5.57 Å². The summed E-state index contributed by atoms with van der Waals surface area (Å²) < 4.78 is 0. The highest BCUT2D eigenvalue weighted by Gasteiger charge is 2.44. The van der Waals surface area contributed by atoms with Gasteiger partial charge in [0.05, 0.1) is 12.0 Å². The summed E-state index contributed by atoms with van der Waals surface area (Å²) in [7, 11) is 0. The summed E-state index contributed by atoms with van der Waals surface area (Å²) in [5.74, 6) is 0.373. The average molecular weight is 175 g/mol. The van der Waals surface area contributed by atoms with Gasteiger partial charge in [-0.25, -0.2) is 0 Å². The lowest BCUT2D eigenvalue weighted by molar-refractivity contribution is -0.115. The second-order valence-electron chi connectivity index (χ2n) is 4.27. The third-order valence-corrected chi connectivity index (χ3v) is 3.59. The molecule has 0 aromatic heterocycles. The van der Waals surface area contributed by atoms with Crippen LogP contribution in [0.4, 0.5) is 0 Å². The van der Waals surface area contributed by atoms with Crippen LogP contribution in [-0.2, 0) is 4.79 Å². The van der Waals surface area contributed by atoms with E-state index in [1.54, 1.807) is 6.08 Å². The van der Waals surface area contributed by atoms with Gasteiger partial charge in [-0.3, -0.25) is 4.79 Å². The monoisotopic (exact) mass is 175 g/mol. The Hall–Kier alpha value is -1.10. The lowest BCUT2D eigenvalue weighted by Gasteiger charge is -2.31. The van der Waals surface area contributed by atoms with E-state index in [1.807, 2.05) is 0 Å². The smallest absolute Gasteiger partial charge is 0.155 e. The molecule has 2 rings (SSSR count). The minimum absolute atomic E-state index is 0.0165. The van der Waals surface area contributed by atoms with Crippen molar-refractivity contribution in [2.24, 2.45) is 11.3 Å². The highest BCUT2D eigenvalue weighted by molar-refractivity contribution is 5.91. The second kappa shape index (κ2) is 2.70. The molecule has 0 N–H and O–H groups in total. The first-order chi connectivity index (χ1) is 6.16. The Kier molecular flexibility index (Phi) is 1.76. The van der Waals surface area contributed by atoms with Crippen LogP contribution in [0, 0.1) is 22.7 Å². The van der Waals surface area contributed by atoms with E-state index in [0.29, 0.717) is 6.42 Å². The molecule has 1 saturated carbocycles. The maximum atomic E-state index is 11.2. The maximum absolute atomic E-state index is 11.2. The van der Waals surface area contributed by atoms with E-state index in [4.69, 9.17) is 5.26 Å².